The maximum absolute atomic E-state index is 13.6. The van der Waals surface area contributed by atoms with E-state index in [9.17, 15) is 19.5 Å². The zero-order chi connectivity index (χ0) is 23.1. The minimum Gasteiger partial charge on any atom is -0.508 e. The molecule has 2 aliphatic rings. The van der Waals surface area contributed by atoms with E-state index in [1.807, 2.05) is 19.1 Å². The van der Waals surface area contributed by atoms with E-state index in [1.165, 1.54) is 4.57 Å². The minimum atomic E-state index is -0.556. The minimum absolute atomic E-state index is 0.180. The standard InChI is InChI=1S/C25H28N4O4/c1-2-11-29-22-21(23(31)27-25(29)33)19(14-20(26-22)17-3-4-17)24(32)28-12-9-16(10-13-28)15-5-7-18(30)8-6-15/h5-8,14,16-17,30H,2-4,9-13H2,1H3,(H,27,31,33). The highest BCUT2D eigenvalue weighted by Crippen LogP contribution is 2.40. The highest BCUT2D eigenvalue weighted by molar-refractivity contribution is 6.05. The number of likely N-dealkylation sites (tertiary alicyclic amines) is 1. The van der Waals surface area contributed by atoms with E-state index in [4.69, 9.17) is 0 Å². The quantitative estimate of drug-likeness (QED) is 0.624. The zero-order valence-corrected chi connectivity index (χ0v) is 18.7. The highest BCUT2D eigenvalue weighted by Gasteiger charge is 2.31. The summed E-state index contributed by atoms with van der Waals surface area (Å²) in [5.41, 5.74) is 1.57. The van der Waals surface area contributed by atoms with Gasteiger partial charge in [-0.2, -0.15) is 0 Å². The lowest BCUT2D eigenvalue weighted by atomic mass is 9.89. The van der Waals surface area contributed by atoms with Crippen LogP contribution in [0.1, 0.15) is 72.5 Å². The van der Waals surface area contributed by atoms with Crippen LogP contribution in [0.25, 0.3) is 11.0 Å². The third-order valence-corrected chi connectivity index (χ3v) is 6.79. The van der Waals surface area contributed by atoms with Gasteiger partial charge in [-0.25, -0.2) is 9.78 Å². The molecule has 1 aliphatic carbocycles. The lowest BCUT2D eigenvalue weighted by Gasteiger charge is -2.32. The molecular formula is C25H28N4O4. The molecule has 1 aliphatic heterocycles. The topological polar surface area (TPSA) is 108 Å². The number of H-pyrrole nitrogens is 1. The van der Waals surface area contributed by atoms with Crippen LogP contribution in [0.4, 0.5) is 0 Å². The SMILES string of the molecule is CCCn1c(=O)[nH]c(=O)c2c(C(=O)N3CCC(c4ccc(O)cc4)CC3)cc(C3CC3)nc21. The molecule has 1 saturated carbocycles. The average Bonchev–Trinajstić information content (AvgIpc) is 3.67. The van der Waals surface area contributed by atoms with Crippen LogP contribution >= 0.6 is 0 Å². The van der Waals surface area contributed by atoms with Gasteiger partial charge in [-0.15, -0.1) is 0 Å². The molecule has 1 amide bonds. The zero-order valence-electron chi connectivity index (χ0n) is 18.7. The van der Waals surface area contributed by atoms with Crippen LogP contribution in [-0.2, 0) is 6.54 Å². The fourth-order valence-corrected chi connectivity index (χ4v) is 4.81. The Morgan fingerprint density at radius 1 is 1.09 bits per heavy atom. The normalized spacial score (nSPS) is 16.9. The molecule has 1 saturated heterocycles. The van der Waals surface area contributed by atoms with Crippen molar-refractivity contribution in [1.82, 2.24) is 19.4 Å². The van der Waals surface area contributed by atoms with E-state index in [-0.39, 0.29) is 23.0 Å². The van der Waals surface area contributed by atoms with E-state index >= 15 is 0 Å². The van der Waals surface area contributed by atoms with Crippen molar-refractivity contribution in [2.24, 2.45) is 0 Å². The highest BCUT2D eigenvalue weighted by atomic mass is 16.3. The molecule has 2 aromatic heterocycles. The van der Waals surface area contributed by atoms with Crippen LogP contribution in [0.15, 0.2) is 39.9 Å². The Morgan fingerprint density at radius 3 is 2.42 bits per heavy atom. The molecule has 1 aromatic carbocycles. The Labute approximate surface area is 190 Å². The number of benzene rings is 1. The molecular weight excluding hydrogens is 420 g/mol. The summed E-state index contributed by atoms with van der Waals surface area (Å²) in [5, 5.41) is 9.74. The Morgan fingerprint density at radius 2 is 1.79 bits per heavy atom. The number of pyridine rings is 1. The van der Waals surface area contributed by atoms with Crippen LogP contribution in [0.5, 0.6) is 5.75 Å². The third-order valence-electron chi connectivity index (χ3n) is 6.79. The Bertz CT molecular complexity index is 1310. The summed E-state index contributed by atoms with van der Waals surface area (Å²) in [6.45, 7) is 3.55. The number of phenols is 1. The van der Waals surface area contributed by atoms with Crippen molar-refractivity contribution in [2.45, 2.75) is 57.4 Å². The van der Waals surface area contributed by atoms with Crippen LogP contribution in [0.2, 0.25) is 0 Å². The fourth-order valence-electron chi connectivity index (χ4n) is 4.81. The molecule has 0 atom stereocenters. The molecule has 3 aromatic rings. The molecule has 8 heteroatoms. The summed E-state index contributed by atoms with van der Waals surface area (Å²) < 4.78 is 1.48. The van der Waals surface area contributed by atoms with Gasteiger partial charge in [0.05, 0.1) is 10.9 Å². The van der Waals surface area contributed by atoms with Crippen molar-refractivity contribution in [3.8, 4) is 5.75 Å². The predicted octanol–water partition coefficient (Wildman–Crippen LogP) is 3.10. The number of fused-ring (bicyclic) bond motifs is 1. The fraction of sp³-hybridized carbons (Fsp3) is 0.440. The van der Waals surface area contributed by atoms with E-state index in [0.29, 0.717) is 43.2 Å². The van der Waals surface area contributed by atoms with Crippen LogP contribution in [0.3, 0.4) is 0 Å². The lowest BCUT2D eigenvalue weighted by Crippen LogP contribution is -2.39. The van der Waals surface area contributed by atoms with E-state index in [1.54, 1.807) is 23.1 Å². The van der Waals surface area contributed by atoms with Gasteiger partial charge in [0.25, 0.3) is 11.5 Å². The average molecular weight is 449 g/mol. The molecule has 0 radical (unpaired) electrons. The molecule has 5 rings (SSSR count). The van der Waals surface area contributed by atoms with Crippen LogP contribution in [-0.4, -0.2) is 43.5 Å². The monoisotopic (exact) mass is 448 g/mol. The lowest BCUT2D eigenvalue weighted by molar-refractivity contribution is 0.0714. The van der Waals surface area contributed by atoms with Gasteiger partial charge in [0.15, 0.2) is 5.65 Å². The number of hydrogen-bond donors (Lipinski definition) is 2. The van der Waals surface area contributed by atoms with Gasteiger partial charge in [0.2, 0.25) is 0 Å². The Balaban J connectivity index is 1.49. The van der Waals surface area contributed by atoms with Crippen molar-refractivity contribution in [2.75, 3.05) is 13.1 Å². The summed E-state index contributed by atoms with van der Waals surface area (Å²) in [5.74, 6) is 0.671. The number of nitrogens with one attached hydrogen (secondary N) is 1. The van der Waals surface area contributed by atoms with E-state index in [2.05, 4.69) is 9.97 Å². The predicted molar refractivity (Wildman–Crippen MR) is 125 cm³/mol. The number of aryl methyl sites for hydroxylation is 1. The second-order valence-corrected chi connectivity index (χ2v) is 9.14. The van der Waals surface area contributed by atoms with Gasteiger partial charge in [0.1, 0.15) is 5.75 Å². The largest absolute Gasteiger partial charge is 0.508 e. The number of phenolic OH excluding ortho intramolecular Hbond substituents is 1. The number of carbonyl (C=O) groups is 1. The summed E-state index contributed by atoms with van der Waals surface area (Å²) in [7, 11) is 0. The van der Waals surface area contributed by atoms with Crippen molar-refractivity contribution in [3.05, 3.63) is 68.0 Å². The molecule has 2 fully saturated rings. The van der Waals surface area contributed by atoms with Crippen LogP contribution < -0.4 is 11.2 Å². The molecule has 2 N–H and O–H groups in total. The first-order valence-corrected chi connectivity index (χ1v) is 11.7. The van der Waals surface area contributed by atoms with Gasteiger partial charge >= 0.3 is 5.69 Å². The van der Waals surface area contributed by atoms with Crippen molar-refractivity contribution in [1.29, 1.82) is 0 Å². The molecule has 0 bridgehead atoms. The number of amides is 1. The number of piperidine rings is 1. The molecule has 33 heavy (non-hydrogen) atoms. The van der Waals surface area contributed by atoms with Gasteiger partial charge in [-0.05, 0) is 61.8 Å². The summed E-state index contributed by atoms with van der Waals surface area (Å²) in [4.78, 5) is 47.8. The third kappa shape index (κ3) is 4.05. The number of carbonyl (C=O) groups excluding carboxylic acids is 1. The first kappa shape index (κ1) is 21.4. The number of aromatic nitrogens is 3. The summed E-state index contributed by atoms with van der Waals surface area (Å²) in [6, 6.07) is 9.02. The van der Waals surface area contributed by atoms with Gasteiger partial charge in [-0.3, -0.25) is 19.1 Å². The van der Waals surface area contributed by atoms with Crippen molar-refractivity contribution in [3.63, 3.8) is 0 Å². The first-order chi connectivity index (χ1) is 16.0. The maximum atomic E-state index is 13.6. The second-order valence-electron chi connectivity index (χ2n) is 9.14. The van der Waals surface area contributed by atoms with E-state index in [0.717, 1.165) is 36.9 Å². The second kappa shape index (κ2) is 8.50. The van der Waals surface area contributed by atoms with E-state index < -0.39 is 11.2 Å². The van der Waals surface area contributed by atoms with Gasteiger partial charge in [0, 0.05) is 31.2 Å². The molecule has 172 valence electrons. The van der Waals surface area contributed by atoms with Gasteiger partial charge < -0.3 is 10.0 Å². The molecule has 3 heterocycles. The molecule has 8 nitrogen and oxygen atoms in total. The Hall–Kier alpha value is -3.42. The molecule has 0 spiro atoms. The van der Waals surface area contributed by atoms with Crippen LogP contribution in [0, 0.1) is 0 Å². The molecule has 0 unspecified atom stereocenters. The van der Waals surface area contributed by atoms with Gasteiger partial charge in [-0.1, -0.05) is 19.1 Å². The Kier molecular flexibility index (Phi) is 5.52. The smallest absolute Gasteiger partial charge is 0.329 e. The van der Waals surface area contributed by atoms with Crippen molar-refractivity contribution < 1.29 is 9.90 Å². The number of aromatic amines is 1. The first-order valence-electron chi connectivity index (χ1n) is 11.7. The van der Waals surface area contributed by atoms with Crippen molar-refractivity contribution >= 4 is 16.9 Å². The maximum Gasteiger partial charge on any atom is 0.329 e. The number of hydrogen-bond acceptors (Lipinski definition) is 5. The number of rotatable bonds is 5. The summed E-state index contributed by atoms with van der Waals surface area (Å²) >= 11 is 0. The number of aromatic hydroxyl groups is 1. The summed E-state index contributed by atoms with van der Waals surface area (Å²) in [6.07, 6.45) is 4.35. The number of nitrogens with zero attached hydrogens (tertiary/aromatic N) is 3.